The van der Waals surface area contributed by atoms with Crippen LogP contribution in [-0.4, -0.2) is 60.4 Å². The smallest absolute Gasteiger partial charge is 0.322 e. The molecule has 2 N–H and O–H groups in total. The first-order valence-corrected chi connectivity index (χ1v) is 6.52. The molecule has 1 aliphatic carbocycles. The monoisotopic (exact) mass is 242 g/mol. The van der Waals surface area contributed by atoms with Crippen molar-refractivity contribution in [1.29, 1.82) is 0 Å². The molecule has 0 aromatic rings. The second kappa shape index (κ2) is 5.80. The van der Waals surface area contributed by atoms with Crippen LogP contribution in [0.5, 0.6) is 0 Å². The third-order valence-corrected chi connectivity index (χ3v) is 3.43. The van der Waals surface area contributed by atoms with Gasteiger partial charge in [0.25, 0.3) is 0 Å². The van der Waals surface area contributed by atoms with E-state index >= 15 is 0 Å². The van der Waals surface area contributed by atoms with Gasteiger partial charge in [0.15, 0.2) is 0 Å². The van der Waals surface area contributed by atoms with E-state index < -0.39 is 12.0 Å². The highest BCUT2D eigenvalue weighted by Gasteiger charge is 2.30. The van der Waals surface area contributed by atoms with Crippen molar-refractivity contribution in [3.8, 4) is 0 Å². The molecular formula is C12H22N2O3. The van der Waals surface area contributed by atoms with Gasteiger partial charge in [0.05, 0.1) is 12.7 Å². The van der Waals surface area contributed by atoms with E-state index in [4.69, 9.17) is 4.74 Å². The molecular weight excluding hydrogens is 220 g/mol. The molecule has 2 rings (SSSR count). The highest BCUT2D eigenvalue weighted by atomic mass is 16.5. The van der Waals surface area contributed by atoms with Gasteiger partial charge in [0.2, 0.25) is 0 Å². The number of rotatable bonds is 6. The van der Waals surface area contributed by atoms with Gasteiger partial charge in [-0.05, 0) is 19.3 Å². The number of carboxylic acid groups (broad SMARTS) is 1. The molecule has 5 nitrogen and oxygen atoms in total. The summed E-state index contributed by atoms with van der Waals surface area (Å²) in [4.78, 5) is 13.4. The zero-order valence-electron chi connectivity index (χ0n) is 10.4. The van der Waals surface area contributed by atoms with E-state index in [0.29, 0.717) is 19.2 Å². The third-order valence-electron chi connectivity index (χ3n) is 3.43. The summed E-state index contributed by atoms with van der Waals surface area (Å²) in [6.45, 7) is 5.10. The van der Waals surface area contributed by atoms with Gasteiger partial charge in [-0.25, -0.2) is 0 Å². The number of ether oxygens (including phenoxy) is 1. The average molecular weight is 242 g/mol. The summed E-state index contributed by atoms with van der Waals surface area (Å²) in [5.74, 6) is -0.739. The minimum atomic E-state index is -0.739. The highest BCUT2D eigenvalue weighted by Crippen LogP contribution is 2.20. The van der Waals surface area contributed by atoms with Crippen LogP contribution in [0.15, 0.2) is 0 Å². The summed E-state index contributed by atoms with van der Waals surface area (Å²) in [6, 6.07) is -0.00258. The maximum Gasteiger partial charge on any atom is 0.322 e. The van der Waals surface area contributed by atoms with E-state index in [1.54, 1.807) is 0 Å². The van der Waals surface area contributed by atoms with Crippen LogP contribution in [-0.2, 0) is 9.53 Å². The Balaban J connectivity index is 1.81. The van der Waals surface area contributed by atoms with Crippen molar-refractivity contribution in [3.05, 3.63) is 0 Å². The number of nitrogens with zero attached hydrogens (tertiary/aromatic N) is 1. The second-order valence-corrected chi connectivity index (χ2v) is 4.99. The second-order valence-electron chi connectivity index (χ2n) is 4.99. The molecule has 2 fully saturated rings. The van der Waals surface area contributed by atoms with Crippen molar-refractivity contribution in [2.24, 2.45) is 0 Å². The molecule has 1 aliphatic heterocycles. The number of hydrogen-bond acceptors (Lipinski definition) is 4. The van der Waals surface area contributed by atoms with E-state index in [2.05, 4.69) is 17.1 Å². The number of carbonyl (C=O) groups is 1. The lowest BCUT2D eigenvalue weighted by Crippen LogP contribution is -2.51. The van der Waals surface area contributed by atoms with Crippen LogP contribution in [0.25, 0.3) is 0 Å². The number of aliphatic carboxylic acids is 1. The third kappa shape index (κ3) is 3.94. The maximum atomic E-state index is 11.2. The molecule has 0 radical (unpaired) electrons. The first-order valence-electron chi connectivity index (χ1n) is 6.52. The van der Waals surface area contributed by atoms with E-state index in [-0.39, 0.29) is 6.10 Å². The van der Waals surface area contributed by atoms with Crippen LogP contribution < -0.4 is 5.32 Å². The number of carboxylic acids is 1. The van der Waals surface area contributed by atoms with Crippen LogP contribution >= 0.6 is 0 Å². The fraction of sp³-hybridized carbons (Fsp3) is 0.917. The Labute approximate surface area is 102 Å². The molecule has 1 heterocycles. The van der Waals surface area contributed by atoms with Crippen LogP contribution in [0, 0.1) is 0 Å². The Morgan fingerprint density at radius 3 is 2.94 bits per heavy atom. The summed E-state index contributed by atoms with van der Waals surface area (Å²) in [5.41, 5.74) is 0. The molecule has 0 amide bonds. The zero-order valence-corrected chi connectivity index (χ0v) is 10.4. The Morgan fingerprint density at radius 2 is 2.35 bits per heavy atom. The Bertz CT molecular complexity index is 268. The lowest BCUT2D eigenvalue weighted by atomic mass is 10.2. The van der Waals surface area contributed by atoms with Crippen LogP contribution in [0.4, 0.5) is 0 Å². The first kappa shape index (κ1) is 12.8. The highest BCUT2D eigenvalue weighted by molar-refractivity contribution is 5.73. The van der Waals surface area contributed by atoms with Gasteiger partial charge >= 0.3 is 5.97 Å². The van der Waals surface area contributed by atoms with Gasteiger partial charge in [-0.1, -0.05) is 6.92 Å². The minimum Gasteiger partial charge on any atom is -0.480 e. The summed E-state index contributed by atoms with van der Waals surface area (Å²) in [7, 11) is 0. The predicted octanol–water partition coefficient (Wildman–Crippen LogP) is 0.302. The van der Waals surface area contributed by atoms with E-state index in [9.17, 15) is 9.90 Å². The lowest BCUT2D eigenvalue weighted by molar-refractivity contribution is -0.140. The van der Waals surface area contributed by atoms with Gasteiger partial charge in [0, 0.05) is 25.7 Å². The van der Waals surface area contributed by atoms with E-state index in [0.717, 1.165) is 32.4 Å². The van der Waals surface area contributed by atoms with Crippen molar-refractivity contribution in [1.82, 2.24) is 10.2 Å². The van der Waals surface area contributed by atoms with Crippen molar-refractivity contribution in [2.75, 3.05) is 26.2 Å². The van der Waals surface area contributed by atoms with E-state index in [1.807, 2.05) is 0 Å². The van der Waals surface area contributed by atoms with Gasteiger partial charge in [-0.2, -0.15) is 0 Å². The van der Waals surface area contributed by atoms with Crippen LogP contribution in [0.3, 0.4) is 0 Å². The predicted molar refractivity (Wildman–Crippen MR) is 64.1 cm³/mol. The summed E-state index contributed by atoms with van der Waals surface area (Å²) in [6.07, 6.45) is 3.48. The van der Waals surface area contributed by atoms with Crippen LogP contribution in [0.2, 0.25) is 0 Å². The quantitative estimate of drug-likeness (QED) is 0.701. The molecule has 1 saturated heterocycles. The van der Waals surface area contributed by atoms with Gasteiger partial charge < -0.3 is 15.2 Å². The molecule has 2 aliphatic rings. The van der Waals surface area contributed by atoms with Crippen molar-refractivity contribution < 1.29 is 14.6 Å². The zero-order chi connectivity index (χ0) is 12.3. The van der Waals surface area contributed by atoms with Gasteiger partial charge in [-0.15, -0.1) is 0 Å². The van der Waals surface area contributed by atoms with Crippen molar-refractivity contribution in [3.63, 3.8) is 0 Å². The van der Waals surface area contributed by atoms with Crippen molar-refractivity contribution in [2.45, 2.75) is 44.4 Å². The molecule has 2 atom stereocenters. The molecule has 1 saturated carbocycles. The summed E-state index contributed by atoms with van der Waals surface area (Å²) >= 11 is 0. The summed E-state index contributed by atoms with van der Waals surface area (Å²) < 4.78 is 5.58. The van der Waals surface area contributed by atoms with E-state index in [1.165, 1.54) is 0 Å². The molecule has 0 bridgehead atoms. The minimum absolute atomic E-state index is 0.263. The SMILES string of the molecule is CCC1CN(CC(NC2CC2)C(=O)O)CCO1. The lowest BCUT2D eigenvalue weighted by Gasteiger charge is -2.34. The molecule has 98 valence electrons. The maximum absolute atomic E-state index is 11.2. The van der Waals surface area contributed by atoms with Gasteiger partial charge in [-0.3, -0.25) is 9.69 Å². The molecule has 0 aromatic carbocycles. The fourth-order valence-electron chi connectivity index (χ4n) is 2.19. The molecule has 5 heteroatoms. The fourth-order valence-corrected chi connectivity index (χ4v) is 2.19. The standard InChI is InChI=1S/C12H22N2O3/c1-2-10-7-14(5-6-17-10)8-11(12(15)16)13-9-3-4-9/h9-11,13H,2-8H2,1H3,(H,15,16). The first-order chi connectivity index (χ1) is 8.19. The Morgan fingerprint density at radius 1 is 1.59 bits per heavy atom. The number of morpholine rings is 1. The molecule has 2 unspecified atom stereocenters. The number of hydrogen-bond donors (Lipinski definition) is 2. The van der Waals surface area contributed by atoms with Gasteiger partial charge in [0.1, 0.15) is 6.04 Å². The molecule has 17 heavy (non-hydrogen) atoms. The molecule has 0 aromatic heterocycles. The molecule has 0 spiro atoms. The normalized spacial score (nSPS) is 27.9. The largest absolute Gasteiger partial charge is 0.480 e. The average Bonchev–Trinajstić information content (AvgIpc) is 3.12. The Hall–Kier alpha value is -0.650. The van der Waals surface area contributed by atoms with Crippen molar-refractivity contribution >= 4 is 5.97 Å². The summed E-state index contributed by atoms with van der Waals surface area (Å²) in [5, 5.41) is 12.4. The van der Waals surface area contributed by atoms with Crippen LogP contribution in [0.1, 0.15) is 26.2 Å². The Kier molecular flexibility index (Phi) is 4.36. The number of nitrogens with one attached hydrogen (secondary N) is 1. The topological polar surface area (TPSA) is 61.8 Å².